The Morgan fingerprint density at radius 2 is 1.46 bits per heavy atom. The van der Waals surface area contributed by atoms with Gasteiger partial charge in [-0.1, -0.05) is 60.7 Å². The SMILES string of the molecule is CC(=O)OC(C)OC(=O)[C@H](Cc1ccccc1)NC(=O)OCc1ccccc1. The third-order valence-electron chi connectivity index (χ3n) is 3.69. The molecule has 0 aliphatic heterocycles. The van der Waals surface area contributed by atoms with E-state index >= 15 is 0 Å². The van der Waals surface area contributed by atoms with Crippen molar-refractivity contribution in [3.8, 4) is 0 Å². The average molecular weight is 385 g/mol. The van der Waals surface area contributed by atoms with Gasteiger partial charge < -0.3 is 19.5 Å². The number of carbonyl (C=O) groups is 3. The van der Waals surface area contributed by atoms with Crippen LogP contribution in [0.4, 0.5) is 4.79 Å². The Labute approximate surface area is 163 Å². The van der Waals surface area contributed by atoms with Gasteiger partial charge in [0.15, 0.2) is 0 Å². The molecule has 0 aliphatic carbocycles. The number of ether oxygens (including phenoxy) is 3. The molecule has 0 saturated carbocycles. The van der Waals surface area contributed by atoms with Gasteiger partial charge in [0.1, 0.15) is 12.6 Å². The van der Waals surface area contributed by atoms with Crippen LogP contribution >= 0.6 is 0 Å². The molecular formula is C21H23NO6. The van der Waals surface area contributed by atoms with Crippen LogP contribution in [0.1, 0.15) is 25.0 Å². The fraction of sp³-hybridized carbons (Fsp3) is 0.286. The second kappa shape index (κ2) is 10.7. The Hall–Kier alpha value is -3.35. The van der Waals surface area contributed by atoms with E-state index in [9.17, 15) is 14.4 Å². The Bertz CT molecular complexity index is 778. The molecule has 0 radical (unpaired) electrons. The molecular weight excluding hydrogens is 362 g/mol. The van der Waals surface area contributed by atoms with Gasteiger partial charge in [-0.2, -0.15) is 0 Å². The third kappa shape index (κ3) is 7.49. The number of alkyl carbamates (subject to hydrolysis) is 1. The summed E-state index contributed by atoms with van der Waals surface area (Å²) < 4.78 is 15.1. The van der Waals surface area contributed by atoms with E-state index in [-0.39, 0.29) is 13.0 Å². The number of esters is 2. The molecule has 28 heavy (non-hydrogen) atoms. The lowest BCUT2D eigenvalue weighted by Gasteiger charge is -2.20. The zero-order valence-corrected chi connectivity index (χ0v) is 15.8. The van der Waals surface area contributed by atoms with Crippen LogP contribution < -0.4 is 5.32 Å². The summed E-state index contributed by atoms with van der Waals surface area (Å²) in [6, 6.07) is 17.3. The van der Waals surface area contributed by atoms with E-state index in [1.54, 1.807) is 0 Å². The summed E-state index contributed by atoms with van der Waals surface area (Å²) in [4.78, 5) is 35.6. The molecule has 2 aromatic rings. The summed E-state index contributed by atoms with van der Waals surface area (Å²) in [5.41, 5.74) is 1.65. The molecule has 7 nitrogen and oxygen atoms in total. The largest absolute Gasteiger partial charge is 0.445 e. The number of hydrogen-bond acceptors (Lipinski definition) is 6. The standard InChI is InChI=1S/C21H23NO6/c1-15(23)27-16(2)28-20(24)19(13-17-9-5-3-6-10-17)22-21(25)26-14-18-11-7-4-8-12-18/h3-12,16,19H,13-14H2,1-2H3,(H,22,25)/t16?,19-/m0/s1. The summed E-state index contributed by atoms with van der Waals surface area (Å²) in [6.07, 6.45) is -1.61. The molecule has 2 aromatic carbocycles. The van der Waals surface area contributed by atoms with E-state index in [2.05, 4.69) is 5.32 Å². The zero-order chi connectivity index (χ0) is 20.4. The average Bonchev–Trinajstić information content (AvgIpc) is 2.67. The van der Waals surface area contributed by atoms with E-state index in [0.717, 1.165) is 11.1 Å². The minimum atomic E-state index is -1.06. The van der Waals surface area contributed by atoms with Gasteiger partial charge in [0.25, 0.3) is 0 Å². The van der Waals surface area contributed by atoms with Crippen molar-refractivity contribution in [2.75, 3.05) is 0 Å². The van der Waals surface area contributed by atoms with Crippen molar-refractivity contribution in [1.29, 1.82) is 0 Å². The Morgan fingerprint density at radius 1 is 0.893 bits per heavy atom. The van der Waals surface area contributed by atoms with Crippen LogP contribution in [0.3, 0.4) is 0 Å². The summed E-state index contributed by atoms with van der Waals surface area (Å²) in [5.74, 6) is -1.30. The lowest BCUT2D eigenvalue weighted by molar-refractivity contribution is -0.184. The first-order chi connectivity index (χ1) is 13.4. The van der Waals surface area contributed by atoms with Gasteiger partial charge in [-0.3, -0.25) is 4.79 Å². The summed E-state index contributed by atoms with van der Waals surface area (Å²) >= 11 is 0. The maximum atomic E-state index is 12.5. The molecule has 1 N–H and O–H groups in total. The molecule has 1 amide bonds. The highest BCUT2D eigenvalue weighted by atomic mass is 16.7. The highest BCUT2D eigenvalue weighted by Crippen LogP contribution is 2.08. The van der Waals surface area contributed by atoms with Gasteiger partial charge in [-0.05, 0) is 11.1 Å². The normalized spacial score (nSPS) is 12.4. The minimum Gasteiger partial charge on any atom is -0.445 e. The molecule has 0 spiro atoms. The number of carbonyl (C=O) groups excluding carboxylic acids is 3. The lowest BCUT2D eigenvalue weighted by Crippen LogP contribution is -2.44. The van der Waals surface area contributed by atoms with Crippen molar-refractivity contribution in [2.45, 2.75) is 39.2 Å². The smallest absolute Gasteiger partial charge is 0.408 e. The second-order valence-electron chi connectivity index (χ2n) is 6.06. The van der Waals surface area contributed by atoms with Crippen molar-refractivity contribution in [3.63, 3.8) is 0 Å². The van der Waals surface area contributed by atoms with Crippen molar-refractivity contribution in [2.24, 2.45) is 0 Å². The van der Waals surface area contributed by atoms with Crippen molar-refractivity contribution < 1.29 is 28.6 Å². The molecule has 148 valence electrons. The molecule has 0 aromatic heterocycles. The van der Waals surface area contributed by atoms with Crippen LogP contribution in [0.25, 0.3) is 0 Å². The van der Waals surface area contributed by atoms with E-state index in [0.29, 0.717) is 0 Å². The molecule has 0 bridgehead atoms. The Balaban J connectivity index is 1.99. The van der Waals surface area contributed by atoms with Gasteiger partial charge in [0.05, 0.1) is 0 Å². The fourth-order valence-electron chi connectivity index (χ4n) is 2.45. The summed E-state index contributed by atoms with van der Waals surface area (Å²) in [5, 5.41) is 2.52. The molecule has 2 atom stereocenters. The molecule has 2 rings (SSSR count). The summed E-state index contributed by atoms with van der Waals surface area (Å²) in [7, 11) is 0. The topological polar surface area (TPSA) is 90.9 Å². The predicted octanol–water partition coefficient (Wildman–Crippen LogP) is 2.98. The second-order valence-corrected chi connectivity index (χ2v) is 6.06. The monoisotopic (exact) mass is 385 g/mol. The van der Waals surface area contributed by atoms with Crippen LogP contribution in [-0.4, -0.2) is 30.4 Å². The highest BCUT2D eigenvalue weighted by Gasteiger charge is 2.26. The first kappa shape index (κ1) is 21.0. The summed E-state index contributed by atoms with van der Waals surface area (Å²) in [6.45, 7) is 2.71. The number of hydrogen-bond donors (Lipinski definition) is 1. The number of rotatable bonds is 8. The van der Waals surface area contributed by atoms with E-state index in [1.807, 2.05) is 60.7 Å². The van der Waals surface area contributed by atoms with Crippen molar-refractivity contribution >= 4 is 18.0 Å². The van der Waals surface area contributed by atoms with Crippen molar-refractivity contribution in [3.05, 3.63) is 71.8 Å². The fourth-order valence-corrected chi connectivity index (χ4v) is 2.45. The van der Waals surface area contributed by atoms with Gasteiger partial charge >= 0.3 is 18.0 Å². The first-order valence-corrected chi connectivity index (χ1v) is 8.83. The van der Waals surface area contributed by atoms with E-state index in [4.69, 9.17) is 14.2 Å². The van der Waals surface area contributed by atoms with Crippen LogP contribution in [-0.2, 0) is 36.8 Å². The quantitative estimate of drug-likeness (QED) is 0.555. The highest BCUT2D eigenvalue weighted by molar-refractivity contribution is 5.81. The molecule has 0 aliphatic rings. The van der Waals surface area contributed by atoms with E-state index in [1.165, 1.54) is 13.8 Å². The first-order valence-electron chi connectivity index (χ1n) is 8.83. The molecule has 0 fully saturated rings. The van der Waals surface area contributed by atoms with E-state index < -0.39 is 30.4 Å². The van der Waals surface area contributed by atoms with Crippen LogP contribution in [0.15, 0.2) is 60.7 Å². The molecule has 7 heteroatoms. The lowest BCUT2D eigenvalue weighted by atomic mass is 10.1. The van der Waals surface area contributed by atoms with Gasteiger partial charge in [-0.25, -0.2) is 9.59 Å². The Morgan fingerprint density at radius 3 is 2.04 bits per heavy atom. The zero-order valence-electron chi connectivity index (χ0n) is 15.8. The van der Waals surface area contributed by atoms with Gasteiger partial charge in [-0.15, -0.1) is 0 Å². The Kier molecular flexibility index (Phi) is 8.02. The minimum absolute atomic E-state index is 0.0730. The van der Waals surface area contributed by atoms with Crippen LogP contribution in [0.5, 0.6) is 0 Å². The third-order valence-corrected chi connectivity index (χ3v) is 3.69. The van der Waals surface area contributed by atoms with Gasteiger partial charge in [0, 0.05) is 20.3 Å². The molecule has 1 unspecified atom stereocenters. The van der Waals surface area contributed by atoms with Crippen LogP contribution in [0.2, 0.25) is 0 Å². The van der Waals surface area contributed by atoms with Crippen molar-refractivity contribution in [1.82, 2.24) is 5.32 Å². The molecule has 0 saturated heterocycles. The van der Waals surface area contributed by atoms with Crippen LogP contribution in [0, 0.1) is 0 Å². The predicted molar refractivity (Wildman–Crippen MR) is 101 cm³/mol. The number of amides is 1. The van der Waals surface area contributed by atoms with Gasteiger partial charge in [0.2, 0.25) is 6.29 Å². The maximum Gasteiger partial charge on any atom is 0.408 e. The number of benzene rings is 2. The maximum absolute atomic E-state index is 12.5. The number of nitrogens with one attached hydrogen (secondary N) is 1. The molecule has 0 heterocycles.